The highest BCUT2D eigenvalue weighted by molar-refractivity contribution is 5.28. The van der Waals surface area contributed by atoms with Crippen LogP contribution in [-0.4, -0.2) is 28.3 Å². The average molecular weight is 211 g/mol. The van der Waals surface area contributed by atoms with E-state index in [2.05, 4.69) is 20.5 Å². The molecule has 0 amide bonds. The highest BCUT2D eigenvalue weighted by Gasteiger charge is 1.94. The molecule has 0 aliphatic heterocycles. The Bertz CT molecular complexity index is 324. The van der Waals surface area contributed by atoms with E-state index in [0.29, 0.717) is 5.82 Å². The number of nitrogens with one attached hydrogen (secondary N) is 2. The molecule has 0 saturated carbocycles. The second kappa shape index (κ2) is 6.94. The fourth-order valence-electron chi connectivity index (χ4n) is 1.24. The zero-order valence-corrected chi connectivity index (χ0v) is 8.70. The second-order valence-corrected chi connectivity index (χ2v) is 3.30. The van der Waals surface area contributed by atoms with Gasteiger partial charge in [-0.2, -0.15) is 10.1 Å². The Labute approximate surface area is 88.3 Å². The van der Waals surface area contributed by atoms with Gasteiger partial charge in [0.2, 0.25) is 0 Å². The van der Waals surface area contributed by atoms with Crippen molar-refractivity contribution in [3.05, 3.63) is 16.7 Å². The van der Waals surface area contributed by atoms with Crippen LogP contribution in [0.5, 0.6) is 0 Å². The molecule has 0 aromatic carbocycles. The number of hydrogen-bond donors (Lipinski definition) is 3. The number of nitrogens with two attached hydrogens (primary N) is 1. The molecule has 15 heavy (non-hydrogen) atoms. The van der Waals surface area contributed by atoms with E-state index in [-0.39, 0.29) is 0 Å². The predicted octanol–water partition coefficient (Wildman–Crippen LogP) is 0.0959. The van der Waals surface area contributed by atoms with Gasteiger partial charge in [0.25, 0.3) is 0 Å². The molecular formula is C9H17N5O. The van der Waals surface area contributed by atoms with Crippen molar-refractivity contribution < 1.29 is 0 Å². The summed E-state index contributed by atoms with van der Waals surface area (Å²) in [5.74, 6) is 0.526. The van der Waals surface area contributed by atoms with Gasteiger partial charge in [0, 0.05) is 6.54 Å². The topological polar surface area (TPSA) is 96.7 Å². The summed E-state index contributed by atoms with van der Waals surface area (Å²) < 4.78 is 0. The van der Waals surface area contributed by atoms with E-state index < -0.39 is 5.69 Å². The van der Waals surface area contributed by atoms with E-state index in [1.165, 1.54) is 6.20 Å². The molecule has 0 aliphatic carbocycles. The smallest absolute Gasteiger partial charge is 0.363 e. The van der Waals surface area contributed by atoms with Crippen molar-refractivity contribution in [3.8, 4) is 0 Å². The summed E-state index contributed by atoms with van der Waals surface area (Å²) in [5.41, 5.74) is 4.95. The molecule has 0 fully saturated rings. The lowest BCUT2D eigenvalue weighted by atomic mass is 10.2. The molecule has 84 valence electrons. The van der Waals surface area contributed by atoms with Gasteiger partial charge in [-0.15, -0.1) is 0 Å². The molecule has 4 N–H and O–H groups in total. The molecule has 0 radical (unpaired) electrons. The molecule has 0 aliphatic rings. The Hall–Kier alpha value is -1.43. The van der Waals surface area contributed by atoms with Crippen molar-refractivity contribution in [2.24, 2.45) is 5.73 Å². The predicted molar refractivity (Wildman–Crippen MR) is 58.7 cm³/mol. The van der Waals surface area contributed by atoms with Crippen LogP contribution in [0.25, 0.3) is 0 Å². The number of anilines is 1. The fourth-order valence-corrected chi connectivity index (χ4v) is 1.24. The number of unbranched alkanes of at least 4 members (excludes halogenated alkanes) is 3. The Balaban J connectivity index is 2.12. The molecule has 0 saturated heterocycles. The summed E-state index contributed by atoms with van der Waals surface area (Å²) in [4.78, 5) is 14.5. The Morgan fingerprint density at radius 1 is 1.33 bits per heavy atom. The number of hydrogen-bond acceptors (Lipinski definition) is 5. The largest absolute Gasteiger partial charge is 0.369 e. The standard InChI is InChI=1S/C9H17N5O/c10-5-3-1-2-4-6-11-8-7-12-14-9(15)13-8/h7H,1-6,10H2,(H2,11,13,14,15). The molecule has 6 heteroatoms. The van der Waals surface area contributed by atoms with Crippen LogP contribution in [0.15, 0.2) is 11.0 Å². The van der Waals surface area contributed by atoms with Crippen LogP contribution >= 0.6 is 0 Å². The quantitative estimate of drug-likeness (QED) is 0.556. The van der Waals surface area contributed by atoms with E-state index in [1.807, 2.05) is 0 Å². The van der Waals surface area contributed by atoms with Gasteiger partial charge in [0.1, 0.15) is 0 Å². The molecule has 0 bridgehead atoms. The minimum Gasteiger partial charge on any atom is -0.369 e. The summed E-state index contributed by atoms with van der Waals surface area (Å²) in [6.45, 7) is 1.57. The maximum Gasteiger partial charge on any atom is 0.363 e. The first kappa shape index (κ1) is 11.6. The summed E-state index contributed by atoms with van der Waals surface area (Å²) >= 11 is 0. The lowest BCUT2D eigenvalue weighted by Gasteiger charge is -2.03. The van der Waals surface area contributed by atoms with E-state index >= 15 is 0 Å². The Morgan fingerprint density at radius 3 is 2.87 bits per heavy atom. The van der Waals surface area contributed by atoms with E-state index in [4.69, 9.17) is 5.73 Å². The second-order valence-electron chi connectivity index (χ2n) is 3.30. The van der Waals surface area contributed by atoms with Crippen LogP contribution in [-0.2, 0) is 0 Å². The summed E-state index contributed by atoms with van der Waals surface area (Å²) in [5, 5.41) is 8.89. The van der Waals surface area contributed by atoms with Crippen LogP contribution in [0, 0.1) is 0 Å². The van der Waals surface area contributed by atoms with Gasteiger partial charge < -0.3 is 11.1 Å². The summed E-state index contributed by atoms with van der Waals surface area (Å²) in [7, 11) is 0. The SMILES string of the molecule is NCCCCCCNc1cn[nH]c(=O)n1. The molecule has 6 nitrogen and oxygen atoms in total. The maximum atomic E-state index is 10.8. The van der Waals surface area contributed by atoms with Gasteiger partial charge in [-0.25, -0.2) is 9.89 Å². The molecule has 1 heterocycles. The van der Waals surface area contributed by atoms with Gasteiger partial charge >= 0.3 is 5.69 Å². The van der Waals surface area contributed by atoms with Gasteiger partial charge in [-0.05, 0) is 19.4 Å². The lowest BCUT2D eigenvalue weighted by Crippen LogP contribution is -2.15. The van der Waals surface area contributed by atoms with Gasteiger partial charge in [-0.3, -0.25) is 0 Å². The third kappa shape index (κ3) is 5.11. The van der Waals surface area contributed by atoms with Crippen molar-refractivity contribution in [2.75, 3.05) is 18.4 Å². The minimum atomic E-state index is -0.428. The van der Waals surface area contributed by atoms with Crippen LogP contribution < -0.4 is 16.7 Å². The summed E-state index contributed by atoms with van der Waals surface area (Å²) in [6.07, 6.45) is 5.92. The highest BCUT2D eigenvalue weighted by atomic mass is 16.1. The van der Waals surface area contributed by atoms with Crippen LogP contribution in [0.4, 0.5) is 5.82 Å². The van der Waals surface area contributed by atoms with Crippen molar-refractivity contribution >= 4 is 5.82 Å². The zero-order valence-electron chi connectivity index (χ0n) is 8.70. The van der Waals surface area contributed by atoms with Gasteiger partial charge in [-0.1, -0.05) is 12.8 Å². The number of rotatable bonds is 7. The minimum absolute atomic E-state index is 0.428. The third-order valence-corrected chi connectivity index (χ3v) is 2.01. The van der Waals surface area contributed by atoms with Crippen LogP contribution in [0.1, 0.15) is 25.7 Å². The van der Waals surface area contributed by atoms with Crippen molar-refractivity contribution in [3.63, 3.8) is 0 Å². The maximum absolute atomic E-state index is 10.8. The lowest BCUT2D eigenvalue weighted by molar-refractivity contribution is 0.660. The van der Waals surface area contributed by atoms with Crippen LogP contribution in [0.2, 0.25) is 0 Å². The third-order valence-electron chi connectivity index (χ3n) is 2.01. The molecule has 0 atom stereocenters. The summed E-state index contributed by atoms with van der Waals surface area (Å²) in [6, 6.07) is 0. The van der Waals surface area contributed by atoms with Crippen molar-refractivity contribution in [1.29, 1.82) is 0 Å². The Morgan fingerprint density at radius 2 is 2.13 bits per heavy atom. The van der Waals surface area contributed by atoms with Gasteiger partial charge in [0.15, 0.2) is 5.82 Å². The Kier molecular flexibility index (Phi) is 5.39. The van der Waals surface area contributed by atoms with E-state index in [9.17, 15) is 4.79 Å². The molecular weight excluding hydrogens is 194 g/mol. The average Bonchev–Trinajstić information content (AvgIpc) is 2.23. The molecule has 0 unspecified atom stereocenters. The number of aromatic nitrogens is 3. The first-order valence-corrected chi connectivity index (χ1v) is 5.18. The first-order chi connectivity index (χ1) is 7.33. The molecule has 1 aromatic rings. The number of aromatic amines is 1. The number of nitrogens with zero attached hydrogens (tertiary/aromatic N) is 2. The van der Waals surface area contributed by atoms with Gasteiger partial charge in [0.05, 0.1) is 6.20 Å². The van der Waals surface area contributed by atoms with E-state index in [1.54, 1.807) is 0 Å². The monoisotopic (exact) mass is 211 g/mol. The van der Waals surface area contributed by atoms with E-state index in [0.717, 1.165) is 38.8 Å². The molecule has 0 spiro atoms. The normalized spacial score (nSPS) is 10.2. The first-order valence-electron chi connectivity index (χ1n) is 5.18. The highest BCUT2D eigenvalue weighted by Crippen LogP contribution is 2.00. The fraction of sp³-hybridized carbons (Fsp3) is 0.667. The van der Waals surface area contributed by atoms with Crippen LogP contribution in [0.3, 0.4) is 0 Å². The zero-order chi connectivity index (χ0) is 10.9. The number of H-pyrrole nitrogens is 1. The van der Waals surface area contributed by atoms with Crippen molar-refractivity contribution in [2.45, 2.75) is 25.7 Å². The molecule has 1 aromatic heterocycles. The molecule has 1 rings (SSSR count). The van der Waals surface area contributed by atoms with Crippen molar-refractivity contribution in [1.82, 2.24) is 15.2 Å².